The first-order valence-corrected chi connectivity index (χ1v) is 7.31. The Bertz CT molecular complexity index is 659. The van der Waals surface area contributed by atoms with Crippen molar-refractivity contribution < 1.29 is 9.13 Å². The summed E-state index contributed by atoms with van der Waals surface area (Å²) in [5.74, 6) is 0.482. The van der Waals surface area contributed by atoms with Gasteiger partial charge in [0.05, 0.1) is 0 Å². The Kier molecular flexibility index (Phi) is 3.52. The van der Waals surface area contributed by atoms with E-state index in [1.54, 1.807) is 6.07 Å². The van der Waals surface area contributed by atoms with Crippen LogP contribution in [0.15, 0.2) is 40.9 Å². The first-order chi connectivity index (χ1) is 9.54. The summed E-state index contributed by atoms with van der Waals surface area (Å²) in [5.41, 5.74) is 8.75. The lowest BCUT2D eigenvalue weighted by Gasteiger charge is -2.31. The summed E-state index contributed by atoms with van der Waals surface area (Å²) in [5, 5.41) is 0. The van der Waals surface area contributed by atoms with Gasteiger partial charge in [-0.25, -0.2) is 4.39 Å². The lowest BCUT2D eigenvalue weighted by molar-refractivity contribution is 0.157. The molecule has 1 aliphatic heterocycles. The first-order valence-electron chi connectivity index (χ1n) is 6.52. The average Bonchev–Trinajstić information content (AvgIpc) is 2.41. The van der Waals surface area contributed by atoms with Gasteiger partial charge in [-0.2, -0.15) is 0 Å². The Morgan fingerprint density at radius 1 is 1.20 bits per heavy atom. The maximum Gasteiger partial charge on any atom is 0.130 e. The summed E-state index contributed by atoms with van der Waals surface area (Å²) in [6.07, 6.45) is 0.237. The molecule has 0 radical (unpaired) electrons. The van der Waals surface area contributed by atoms with E-state index in [0.717, 1.165) is 21.3 Å². The fourth-order valence-electron chi connectivity index (χ4n) is 2.58. The number of rotatable bonds is 1. The summed E-state index contributed by atoms with van der Waals surface area (Å²) in [4.78, 5) is 0. The Balaban J connectivity index is 2.00. The standard InChI is InChI=1S/C16H15BrFNO/c1-9-2-5-13(18)12(6-9)16-8-14(19)11-4-3-10(17)7-15(11)20-16/h2-7,14,16H,8,19H2,1H3/t14-,16?/m0/s1. The van der Waals surface area contributed by atoms with Crippen molar-refractivity contribution in [1.29, 1.82) is 0 Å². The zero-order valence-corrected chi connectivity index (χ0v) is 12.7. The van der Waals surface area contributed by atoms with Crippen molar-refractivity contribution in [1.82, 2.24) is 0 Å². The van der Waals surface area contributed by atoms with E-state index in [1.807, 2.05) is 31.2 Å². The molecular weight excluding hydrogens is 321 g/mol. The Hall–Kier alpha value is -1.39. The molecule has 4 heteroatoms. The molecule has 3 rings (SSSR count). The molecule has 1 heterocycles. The molecule has 0 fully saturated rings. The van der Waals surface area contributed by atoms with Crippen molar-refractivity contribution in [3.63, 3.8) is 0 Å². The van der Waals surface area contributed by atoms with Crippen molar-refractivity contribution in [2.45, 2.75) is 25.5 Å². The molecule has 104 valence electrons. The molecule has 0 amide bonds. The molecule has 2 aromatic rings. The Morgan fingerprint density at radius 2 is 2.00 bits per heavy atom. The zero-order valence-electron chi connectivity index (χ0n) is 11.1. The number of nitrogens with two attached hydrogens (primary N) is 1. The molecule has 0 saturated carbocycles. The van der Waals surface area contributed by atoms with Crippen LogP contribution in [0.4, 0.5) is 4.39 Å². The van der Waals surface area contributed by atoms with Crippen LogP contribution in [0.1, 0.15) is 35.3 Å². The van der Waals surface area contributed by atoms with E-state index in [-0.39, 0.29) is 18.0 Å². The van der Waals surface area contributed by atoms with E-state index >= 15 is 0 Å². The highest BCUT2D eigenvalue weighted by molar-refractivity contribution is 9.10. The number of aryl methyl sites for hydroxylation is 1. The van der Waals surface area contributed by atoms with Gasteiger partial charge in [0.25, 0.3) is 0 Å². The largest absolute Gasteiger partial charge is 0.485 e. The number of halogens is 2. The number of ether oxygens (including phenoxy) is 1. The molecule has 0 aromatic heterocycles. The minimum Gasteiger partial charge on any atom is -0.485 e. The molecule has 2 aromatic carbocycles. The van der Waals surface area contributed by atoms with Gasteiger partial charge >= 0.3 is 0 Å². The summed E-state index contributed by atoms with van der Waals surface area (Å²) < 4.78 is 20.9. The normalized spacial score (nSPS) is 21.2. The third-order valence-corrected chi connectivity index (χ3v) is 4.10. The second kappa shape index (κ2) is 5.19. The SMILES string of the molecule is Cc1ccc(F)c(C2C[C@H](N)c3ccc(Br)cc3O2)c1. The molecule has 0 spiro atoms. The van der Waals surface area contributed by atoms with E-state index < -0.39 is 0 Å². The lowest BCUT2D eigenvalue weighted by Crippen LogP contribution is -2.24. The van der Waals surface area contributed by atoms with E-state index in [4.69, 9.17) is 10.5 Å². The molecule has 0 bridgehead atoms. The van der Waals surface area contributed by atoms with Gasteiger partial charge < -0.3 is 10.5 Å². The van der Waals surface area contributed by atoms with Gasteiger partial charge in [0.2, 0.25) is 0 Å². The second-order valence-corrected chi connectivity index (χ2v) is 6.07. The van der Waals surface area contributed by atoms with E-state index in [1.165, 1.54) is 6.07 Å². The molecule has 2 nitrogen and oxygen atoms in total. The molecule has 1 unspecified atom stereocenters. The zero-order chi connectivity index (χ0) is 14.3. The first kappa shape index (κ1) is 13.6. The third kappa shape index (κ3) is 2.45. The lowest BCUT2D eigenvalue weighted by atomic mass is 9.93. The predicted molar refractivity (Wildman–Crippen MR) is 80.2 cm³/mol. The summed E-state index contributed by atoms with van der Waals surface area (Å²) in [7, 11) is 0. The van der Waals surface area contributed by atoms with Crippen LogP contribution < -0.4 is 10.5 Å². The number of hydrogen-bond donors (Lipinski definition) is 1. The Morgan fingerprint density at radius 3 is 2.80 bits per heavy atom. The topological polar surface area (TPSA) is 35.2 Å². The molecule has 0 aliphatic carbocycles. The molecule has 2 atom stereocenters. The van der Waals surface area contributed by atoms with Crippen molar-refractivity contribution in [2.24, 2.45) is 5.73 Å². The number of benzene rings is 2. The maximum atomic E-state index is 14.0. The van der Waals surface area contributed by atoms with Crippen molar-refractivity contribution in [3.05, 3.63) is 63.4 Å². The fourth-order valence-corrected chi connectivity index (χ4v) is 2.92. The maximum absolute atomic E-state index is 14.0. The van der Waals surface area contributed by atoms with E-state index in [0.29, 0.717) is 12.0 Å². The van der Waals surface area contributed by atoms with Crippen LogP contribution >= 0.6 is 15.9 Å². The molecular formula is C16H15BrFNO. The average molecular weight is 336 g/mol. The quantitative estimate of drug-likeness (QED) is 0.837. The van der Waals surface area contributed by atoms with Gasteiger partial charge in [0.15, 0.2) is 0 Å². The van der Waals surface area contributed by atoms with Crippen molar-refractivity contribution >= 4 is 15.9 Å². The van der Waals surface area contributed by atoms with Crippen LogP contribution in [0.3, 0.4) is 0 Å². The second-order valence-electron chi connectivity index (χ2n) is 5.16. The minimum atomic E-state index is -0.341. The summed E-state index contributed by atoms with van der Waals surface area (Å²) in [6, 6.07) is 10.7. The third-order valence-electron chi connectivity index (χ3n) is 3.61. The smallest absolute Gasteiger partial charge is 0.130 e. The predicted octanol–water partition coefficient (Wildman–Crippen LogP) is 4.42. The molecule has 0 saturated heterocycles. The van der Waals surface area contributed by atoms with E-state index in [9.17, 15) is 4.39 Å². The van der Waals surface area contributed by atoms with Crippen LogP contribution in [0.2, 0.25) is 0 Å². The van der Waals surface area contributed by atoms with Gasteiger partial charge in [-0.1, -0.05) is 33.6 Å². The van der Waals surface area contributed by atoms with Crippen molar-refractivity contribution in [2.75, 3.05) is 0 Å². The van der Waals surface area contributed by atoms with Gasteiger partial charge in [0.1, 0.15) is 17.7 Å². The monoisotopic (exact) mass is 335 g/mol. The van der Waals surface area contributed by atoms with Crippen LogP contribution in [0, 0.1) is 12.7 Å². The molecule has 1 aliphatic rings. The van der Waals surface area contributed by atoms with Crippen LogP contribution in [0.25, 0.3) is 0 Å². The number of hydrogen-bond acceptors (Lipinski definition) is 2. The van der Waals surface area contributed by atoms with Gasteiger partial charge in [-0.3, -0.25) is 0 Å². The van der Waals surface area contributed by atoms with Gasteiger partial charge in [0, 0.05) is 28.1 Å². The highest BCUT2D eigenvalue weighted by atomic mass is 79.9. The van der Waals surface area contributed by atoms with Crippen LogP contribution in [-0.2, 0) is 0 Å². The Labute approximate surface area is 125 Å². The summed E-state index contributed by atoms with van der Waals surface area (Å²) in [6.45, 7) is 1.94. The highest BCUT2D eigenvalue weighted by Crippen LogP contribution is 2.41. The van der Waals surface area contributed by atoms with Crippen molar-refractivity contribution in [3.8, 4) is 5.75 Å². The minimum absolute atomic E-state index is 0.142. The number of fused-ring (bicyclic) bond motifs is 1. The molecule has 20 heavy (non-hydrogen) atoms. The summed E-state index contributed by atoms with van der Waals surface area (Å²) >= 11 is 3.42. The highest BCUT2D eigenvalue weighted by Gasteiger charge is 2.28. The van der Waals surface area contributed by atoms with E-state index in [2.05, 4.69) is 15.9 Å². The van der Waals surface area contributed by atoms with Gasteiger partial charge in [-0.05, 0) is 31.2 Å². The molecule has 2 N–H and O–H groups in total. The van der Waals surface area contributed by atoms with Crippen LogP contribution in [-0.4, -0.2) is 0 Å². The van der Waals surface area contributed by atoms with Gasteiger partial charge in [-0.15, -0.1) is 0 Å². The fraction of sp³-hybridized carbons (Fsp3) is 0.250. The van der Waals surface area contributed by atoms with Crippen LogP contribution in [0.5, 0.6) is 5.75 Å².